The Kier molecular flexibility index (Phi) is 9.26. The number of nitrogens with zero attached hydrogens (tertiary/aromatic N) is 2. The molecule has 160 valence electrons. The van der Waals surface area contributed by atoms with Crippen LogP contribution in [-0.2, 0) is 13.2 Å². The number of hydrogen-bond donors (Lipinski definition) is 2. The second-order valence-corrected chi connectivity index (χ2v) is 6.84. The fraction of sp³-hybridized carbons (Fsp3) is 0.182. The van der Waals surface area contributed by atoms with E-state index in [9.17, 15) is 4.79 Å². The summed E-state index contributed by atoms with van der Waals surface area (Å²) in [5, 5.41) is 1.66. The van der Waals surface area contributed by atoms with Gasteiger partial charge in [0.25, 0.3) is 5.91 Å². The molecule has 0 heterocycles. The van der Waals surface area contributed by atoms with Crippen LogP contribution in [0.1, 0.15) is 21.5 Å². The average molecular weight is 431 g/mol. The van der Waals surface area contributed by atoms with E-state index in [-0.39, 0.29) is 23.8 Å². The molecule has 0 atom stereocenters. The highest BCUT2D eigenvalue weighted by Crippen LogP contribution is 2.29. The van der Waals surface area contributed by atoms with E-state index in [2.05, 4.69) is 22.0 Å². The maximum Gasteiger partial charge on any atom is 0.284 e. The Bertz CT molecular complexity index is 1020. The highest BCUT2D eigenvalue weighted by atomic mass is 35.5. The zero-order valence-electron chi connectivity index (χ0n) is 17.0. The molecule has 1 amide bonds. The van der Waals surface area contributed by atoms with E-state index in [1.807, 2.05) is 56.6 Å². The van der Waals surface area contributed by atoms with Gasteiger partial charge in [-0.3, -0.25) is 4.79 Å². The van der Waals surface area contributed by atoms with Gasteiger partial charge in [-0.1, -0.05) is 54.6 Å². The first-order chi connectivity index (χ1) is 13.4. The van der Waals surface area contributed by atoms with E-state index < -0.39 is 5.91 Å². The standard InChI is InChI=1S/C22H24N4O2.ClH.H2O/c1-26(2)13-15-7-9-16(10-8-15)14-28-19-12-11-17-5-3-4-6-18(17)20(19)21(27)25-22(23)24;;/h3-12H,13-14H2,1-2H3,(H4,23,24,25,27);1H;1H2. The summed E-state index contributed by atoms with van der Waals surface area (Å²) in [6.45, 7) is 1.21. The van der Waals surface area contributed by atoms with Gasteiger partial charge in [0.15, 0.2) is 5.96 Å². The van der Waals surface area contributed by atoms with Crippen molar-refractivity contribution in [3.05, 3.63) is 77.4 Å². The maximum absolute atomic E-state index is 12.6. The first-order valence-corrected chi connectivity index (χ1v) is 8.95. The molecule has 0 aliphatic heterocycles. The predicted octanol–water partition coefficient (Wildman–Crippen LogP) is 2.49. The van der Waals surface area contributed by atoms with Crippen LogP contribution in [0.4, 0.5) is 0 Å². The van der Waals surface area contributed by atoms with E-state index in [1.165, 1.54) is 5.56 Å². The lowest BCUT2D eigenvalue weighted by molar-refractivity contribution is 0.1000. The zero-order chi connectivity index (χ0) is 20.1. The van der Waals surface area contributed by atoms with Crippen molar-refractivity contribution in [3.63, 3.8) is 0 Å². The molecule has 0 bridgehead atoms. The van der Waals surface area contributed by atoms with Crippen LogP contribution in [0.5, 0.6) is 5.75 Å². The second kappa shape index (κ2) is 11.2. The Labute approximate surface area is 182 Å². The van der Waals surface area contributed by atoms with E-state index in [1.54, 1.807) is 6.07 Å². The zero-order valence-corrected chi connectivity index (χ0v) is 17.8. The normalized spacial score (nSPS) is 10.1. The number of carbonyl (C=O) groups is 1. The van der Waals surface area contributed by atoms with Gasteiger partial charge >= 0.3 is 0 Å². The molecule has 0 fully saturated rings. The van der Waals surface area contributed by atoms with Gasteiger partial charge in [-0.2, -0.15) is 4.99 Å². The van der Waals surface area contributed by atoms with Gasteiger partial charge in [0.1, 0.15) is 12.4 Å². The molecular weight excluding hydrogens is 404 g/mol. The van der Waals surface area contributed by atoms with Crippen molar-refractivity contribution in [1.82, 2.24) is 4.90 Å². The Hall–Kier alpha value is -3.13. The molecule has 3 aromatic rings. The van der Waals surface area contributed by atoms with Gasteiger partial charge in [-0.05, 0) is 42.1 Å². The number of hydrogen-bond acceptors (Lipinski definition) is 3. The number of rotatable bonds is 6. The Balaban J connectivity index is 0.00000225. The highest BCUT2D eigenvalue weighted by Gasteiger charge is 2.16. The number of halogens is 1. The molecule has 0 unspecified atom stereocenters. The molecule has 0 spiro atoms. The fourth-order valence-corrected chi connectivity index (χ4v) is 3.03. The summed E-state index contributed by atoms with van der Waals surface area (Å²) < 4.78 is 5.97. The van der Waals surface area contributed by atoms with Gasteiger partial charge in [0.05, 0.1) is 5.56 Å². The first kappa shape index (κ1) is 24.9. The molecule has 0 saturated carbocycles. The third-order valence-corrected chi connectivity index (χ3v) is 4.25. The minimum Gasteiger partial charge on any atom is -0.488 e. The summed E-state index contributed by atoms with van der Waals surface area (Å²) in [5.41, 5.74) is 13.4. The average Bonchev–Trinajstić information content (AvgIpc) is 2.66. The number of ether oxygens (including phenoxy) is 1. The molecule has 3 rings (SSSR count). The number of carbonyl (C=O) groups excluding carboxylic acids is 1. The van der Waals surface area contributed by atoms with Crippen LogP contribution >= 0.6 is 12.4 Å². The maximum atomic E-state index is 12.6. The quantitative estimate of drug-likeness (QED) is 0.459. The molecule has 8 heteroatoms. The summed E-state index contributed by atoms with van der Waals surface area (Å²) in [6, 6.07) is 19.4. The molecule has 6 N–H and O–H groups in total. The lowest BCUT2D eigenvalue weighted by Crippen LogP contribution is -2.24. The van der Waals surface area contributed by atoms with Gasteiger partial charge in [-0.15, -0.1) is 12.4 Å². The Morgan fingerprint density at radius 2 is 1.60 bits per heavy atom. The van der Waals surface area contributed by atoms with E-state index in [0.717, 1.165) is 22.9 Å². The summed E-state index contributed by atoms with van der Waals surface area (Å²) in [4.78, 5) is 18.4. The molecule has 3 aromatic carbocycles. The van der Waals surface area contributed by atoms with Crippen LogP contribution in [0.2, 0.25) is 0 Å². The van der Waals surface area contributed by atoms with E-state index in [4.69, 9.17) is 16.2 Å². The molecule has 0 aliphatic carbocycles. The van der Waals surface area contributed by atoms with Crippen molar-refractivity contribution >= 4 is 35.0 Å². The predicted molar refractivity (Wildman–Crippen MR) is 123 cm³/mol. The van der Waals surface area contributed by atoms with Gasteiger partial charge in [-0.25, -0.2) is 0 Å². The molecule has 0 aliphatic rings. The van der Waals surface area contributed by atoms with Crippen LogP contribution in [0.25, 0.3) is 10.8 Å². The molecule has 30 heavy (non-hydrogen) atoms. The van der Waals surface area contributed by atoms with Crippen molar-refractivity contribution in [2.75, 3.05) is 14.1 Å². The third-order valence-electron chi connectivity index (χ3n) is 4.25. The fourth-order valence-electron chi connectivity index (χ4n) is 3.03. The van der Waals surface area contributed by atoms with E-state index in [0.29, 0.717) is 17.9 Å². The minimum absolute atomic E-state index is 0. The first-order valence-electron chi connectivity index (χ1n) is 8.95. The van der Waals surface area contributed by atoms with Gasteiger partial charge in [0.2, 0.25) is 0 Å². The van der Waals surface area contributed by atoms with Gasteiger partial charge in [0, 0.05) is 6.54 Å². The van der Waals surface area contributed by atoms with Crippen molar-refractivity contribution in [1.29, 1.82) is 0 Å². The largest absolute Gasteiger partial charge is 0.488 e. The van der Waals surface area contributed by atoms with Crippen LogP contribution in [0.15, 0.2) is 65.7 Å². The monoisotopic (exact) mass is 430 g/mol. The minimum atomic E-state index is -0.520. The number of amides is 1. The van der Waals surface area contributed by atoms with Gasteiger partial charge < -0.3 is 26.6 Å². The topological polar surface area (TPSA) is 125 Å². The number of nitrogens with two attached hydrogens (primary N) is 2. The van der Waals surface area contributed by atoms with Crippen molar-refractivity contribution in [3.8, 4) is 5.75 Å². The molecule has 0 saturated heterocycles. The summed E-state index contributed by atoms with van der Waals surface area (Å²) >= 11 is 0. The van der Waals surface area contributed by atoms with Crippen LogP contribution in [-0.4, -0.2) is 36.3 Å². The molecule has 0 radical (unpaired) electrons. The van der Waals surface area contributed by atoms with Crippen molar-refractivity contribution in [2.45, 2.75) is 13.2 Å². The SMILES string of the molecule is CN(C)Cc1ccc(COc2ccc3ccccc3c2C(=O)N=C(N)N)cc1.Cl.O. The third kappa shape index (κ3) is 6.18. The Morgan fingerprint density at radius 3 is 2.23 bits per heavy atom. The lowest BCUT2D eigenvalue weighted by Gasteiger charge is -2.13. The second-order valence-electron chi connectivity index (χ2n) is 6.84. The summed E-state index contributed by atoms with van der Waals surface area (Å²) in [6.07, 6.45) is 0. The number of aliphatic imine (C=N–C) groups is 1. The molecule has 0 aromatic heterocycles. The van der Waals surface area contributed by atoms with Crippen LogP contribution < -0.4 is 16.2 Å². The van der Waals surface area contributed by atoms with Crippen molar-refractivity contribution < 1.29 is 15.0 Å². The van der Waals surface area contributed by atoms with Crippen LogP contribution in [0, 0.1) is 0 Å². The lowest BCUT2D eigenvalue weighted by atomic mass is 10.0. The molecular formula is C22H27ClN4O3. The number of benzene rings is 3. The molecule has 7 nitrogen and oxygen atoms in total. The summed E-state index contributed by atoms with van der Waals surface area (Å²) in [5.74, 6) is -0.348. The smallest absolute Gasteiger partial charge is 0.284 e. The van der Waals surface area contributed by atoms with Crippen molar-refractivity contribution in [2.24, 2.45) is 16.5 Å². The number of guanidine groups is 1. The Morgan fingerprint density at radius 1 is 0.967 bits per heavy atom. The van der Waals surface area contributed by atoms with E-state index >= 15 is 0 Å². The summed E-state index contributed by atoms with van der Waals surface area (Å²) in [7, 11) is 4.07. The highest BCUT2D eigenvalue weighted by molar-refractivity contribution is 6.12. The number of fused-ring (bicyclic) bond motifs is 1. The van der Waals surface area contributed by atoms with Crippen LogP contribution in [0.3, 0.4) is 0 Å².